The molecule has 1 atom stereocenters. The normalized spacial score (nSPS) is 13.1. The summed E-state index contributed by atoms with van der Waals surface area (Å²) < 4.78 is 10.6. The van der Waals surface area contributed by atoms with E-state index >= 15 is 0 Å². The topological polar surface area (TPSA) is 72.1 Å². The fourth-order valence-electron chi connectivity index (χ4n) is 3.25. The number of methoxy groups -OCH3 is 2. The van der Waals surface area contributed by atoms with E-state index in [1.807, 2.05) is 18.2 Å². The average Bonchev–Trinajstić information content (AvgIpc) is 2.66. The highest BCUT2D eigenvalue weighted by atomic mass is 16.5. The van der Waals surface area contributed by atoms with Crippen LogP contribution in [0.2, 0.25) is 0 Å². The molecular formula is C21H38N4O2. The van der Waals surface area contributed by atoms with Crippen LogP contribution in [0, 0.1) is 5.92 Å². The summed E-state index contributed by atoms with van der Waals surface area (Å²) in [5.41, 5.74) is 7.24. The predicted octanol–water partition coefficient (Wildman–Crippen LogP) is 2.91. The van der Waals surface area contributed by atoms with Gasteiger partial charge in [-0.2, -0.15) is 0 Å². The summed E-state index contributed by atoms with van der Waals surface area (Å²) in [5, 5.41) is 3.22. The molecule has 0 saturated heterocycles. The van der Waals surface area contributed by atoms with Gasteiger partial charge in [0, 0.05) is 12.6 Å². The van der Waals surface area contributed by atoms with Crippen molar-refractivity contribution < 1.29 is 9.47 Å². The molecule has 1 aromatic rings. The van der Waals surface area contributed by atoms with Crippen molar-refractivity contribution >= 4 is 5.96 Å². The van der Waals surface area contributed by atoms with Gasteiger partial charge in [-0.25, -0.2) is 0 Å². The fraction of sp³-hybridized carbons (Fsp3) is 0.667. The molecule has 3 N–H and O–H groups in total. The van der Waals surface area contributed by atoms with Crippen LogP contribution < -0.4 is 20.5 Å². The van der Waals surface area contributed by atoms with E-state index in [0.717, 1.165) is 56.1 Å². The lowest BCUT2D eigenvalue weighted by molar-refractivity contribution is 0.196. The number of nitrogens with two attached hydrogens (primary N) is 1. The maximum atomic E-state index is 6.08. The SMILES string of the molecule is CCN(CC)C(CN=C(N)NCCc1ccc(OC)c(OC)c1)CC(C)C. The molecule has 1 rings (SSSR count). The summed E-state index contributed by atoms with van der Waals surface area (Å²) in [6, 6.07) is 6.39. The zero-order valence-electron chi connectivity index (χ0n) is 17.9. The summed E-state index contributed by atoms with van der Waals surface area (Å²) >= 11 is 0. The second-order valence-electron chi connectivity index (χ2n) is 7.10. The van der Waals surface area contributed by atoms with E-state index < -0.39 is 0 Å². The van der Waals surface area contributed by atoms with Crippen molar-refractivity contribution in [3.63, 3.8) is 0 Å². The molecule has 0 amide bonds. The van der Waals surface area contributed by atoms with Gasteiger partial charge in [-0.1, -0.05) is 33.8 Å². The first-order chi connectivity index (χ1) is 12.9. The summed E-state index contributed by atoms with van der Waals surface area (Å²) in [6.45, 7) is 12.4. The van der Waals surface area contributed by atoms with Gasteiger partial charge in [-0.05, 0) is 49.5 Å². The monoisotopic (exact) mass is 378 g/mol. The van der Waals surface area contributed by atoms with Crippen molar-refractivity contribution in [2.24, 2.45) is 16.6 Å². The van der Waals surface area contributed by atoms with Crippen LogP contribution in [0.5, 0.6) is 11.5 Å². The minimum Gasteiger partial charge on any atom is -0.493 e. The molecule has 1 unspecified atom stereocenters. The molecule has 154 valence electrons. The zero-order chi connectivity index (χ0) is 20.2. The largest absolute Gasteiger partial charge is 0.493 e. The number of hydrogen-bond acceptors (Lipinski definition) is 4. The Kier molecular flexibility index (Phi) is 10.6. The van der Waals surface area contributed by atoms with Crippen molar-refractivity contribution in [2.45, 2.75) is 46.6 Å². The maximum absolute atomic E-state index is 6.08. The molecule has 1 aromatic carbocycles. The van der Waals surface area contributed by atoms with Crippen molar-refractivity contribution in [1.82, 2.24) is 10.2 Å². The van der Waals surface area contributed by atoms with Crippen molar-refractivity contribution in [1.29, 1.82) is 0 Å². The molecule has 6 heteroatoms. The highest BCUT2D eigenvalue weighted by Gasteiger charge is 2.16. The van der Waals surface area contributed by atoms with Crippen LogP contribution >= 0.6 is 0 Å². The second-order valence-corrected chi connectivity index (χ2v) is 7.10. The van der Waals surface area contributed by atoms with Crippen molar-refractivity contribution in [3.8, 4) is 11.5 Å². The standard InChI is InChI=1S/C21H38N4O2/c1-7-25(8-2)18(13-16(3)4)15-24-21(22)23-12-11-17-9-10-19(26-5)20(14-17)27-6/h9-10,14,16,18H,7-8,11-13,15H2,1-6H3,(H3,22,23,24). The number of ether oxygens (including phenoxy) is 2. The molecule has 0 spiro atoms. The molecule has 0 aromatic heterocycles. The second kappa shape index (κ2) is 12.4. The summed E-state index contributed by atoms with van der Waals surface area (Å²) in [5.74, 6) is 2.64. The molecular weight excluding hydrogens is 340 g/mol. The van der Waals surface area contributed by atoms with Crippen LogP contribution in [-0.2, 0) is 6.42 Å². The number of hydrogen-bond donors (Lipinski definition) is 2. The van der Waals surface area contributed by atoms with Gasteiger partial charge in [0.25, 0.3) is 0 Å². The van der Waals surface area contributed by atoms with E-state index in [4.69, 9.17) is 15.2 Å². The van der Waals surface area contributed by atoms with Gasteiger partial charge in [-0.3, -0.25) is 9.89 Å². The molecule has 6 nitrogen and oxygen atoms in total. The Hall–Kier alpha value is -1.95. The Balaban J connectivity index is 2.56. The number of aliphatic imine (C=N–C) groups is 1. The lowest BCUT2D eigenvalue weighted by Crippen LogP contribution is -2.40. The smallest absolute Gasteiger partial charge is 0.188 e. The molecule has 0 bridgehead atoms. The van der Waals surface area contributed by atoms with Crippen molar-refractivity contribution in [2.75, 3.05) is 40.4 Å². The quantitative estimate of drug-likeness (QED) is 0.432. The number of benzene rings is 1. The van der Waals surface area contributed by atoms with Gasteiger partial charge in [0.15, 0.2) is 17.5 Å². The van der Waals surface area contributed by atoms with Gasteiger partial charge < -0.3 is 20.5 Å². The lowest BCUT2D eigenvalue weighted by Gasteiger charge is -2.29. The summed E-state index contributed by atoms with van der Waals surface area (Å²) in [6.07, 6.45) is 1.96. The number of nitrogens with one attached hydrogen (secondary N) is 1. The third-order valence-electron chi connectivity index (χ3n) is 4.71. The van der Waals surface area contributed by atoms with Crippen LogP contribution in [0.1, 0.15) is 39.7 Å². The minimum absolute atomic E-state index is 0.436. The Morgan fingerprint density at radius 2 is 1.81 bits per heavy atom. The number of likely N-dealkylation sites (N-methyl/N-ethyl adjacent to an activating group) is 1. The Morgan fingerprint density at radius 3 is 2.37 bits per heavy atom. The van der Waals surface area contributed by atoms with Gasteiger partial charge >= 0.3 is 0 Å². The van der Waals surface area contributed by atoms with Crippen LogP contribution in [0.4, 0.5) is 0 Å². The first-order valence-corrected chi connectivity index (χ1v) is 9.93. The van der Waals surface area contributed by atoms with E-state index in [9.17, 15) is 0 Å². The third-order valence-corrected chi connectivity index (χ3v) is 4.71. The van der Waals surface area contributed by atoms with Crippen LogP contribution in [-0.4, -0.2) is 57.3 Å². The Morgan fingerprint density at radius 1 is 1.15 bits per heavy atom. The zero-order valence-corrected chi connectivity index (χ0v) is 17.9. The maximum Gasteiger partial charge on any atom is 0.188 e. The van der Waals surface area contributed by atoms with Gasteiger partial charge in [0.05, 0.1) is 20.8 Å². The molecule has 0 aliphatic rings. The van der Waals surface area contributed by atoms with Gasteiger partial charge in [0.2, 0.25) is 0 Å². The van der Waals surface area contributed by atoms with Crippen LogP contribution in [0.15, 0.2) is 23.2 Å². The summed E-state index contributed by atoms with van der Waals surface area (Å²) in [7, 11) is 3.29. The lowest BCUT2D eigenvalue weighted by atomic mass is 10.0. The van der Waals surface area contributed by atoms with E-state index in [0.29, 0.717) is 17.9 Å². The molecule has 0 aliphatic carbocycles. The van der Waals surface area contributed by atoms with E-state index in [2.05, 4.69) is 42.9 Å². The van der Waals surface area contributed by atoms with E-state index in [1.165, 1.54) is 0 Å². The van der Waals surface area contributed by atoms with Crippen LogP contribution in [0.25, 0.3) is 0 Å². The first-order valence-electron chi connectivity index (χ1n) is 9.93. The molecule has 0 saturated carbocycles. The number of guanidine groups is 1. The molecule has 0 fully saturated rings. The molecule has 0 aliphatic heterocycles. The summed E-state index contributed by atoms with van der Waals surface area (Å²) in [4.78, 5) is 7.04. The highest BCUT2D eigenvalue weighted by molar-refractivity contribution is 5.77. The highest BCUT2D eigenvalue weighted by Crippen LogP contribution is 2.27. The van der Waals surface area contributed by atoms with E-state index in [1.54, 1.807) is 14.2 Å². The predicted molar refractivity (Wildman–Crippen MR) is 114 cm³/mol. The van der Waals surface area contributed by atoms with E-state index in [-0.39, 0.29) is 0 Å². The molecule has 0 radical (unpaired) electrons. The minimum atomic E-state index is 0.436. The molecule has 27 heavy (non-hydrogen) atoms. The molecule has 0 heterocycles. The Bertz CT molecular complexity index is 571. The first kappa shape index (κ1) is 23.1. The third kappa shape index (κ3) is 8.08. The Labute approximate surface area is 165 Å². The van der Waals surface area contributed by atoms with Gasteiger partial charge in [0.1, 0.15) is 0 Å². The number of nitrogens with zero attached hydrogens (tertiary/aromatic N) is 2. The number of rotatable bonds is 12. The average molecular weight is 379 g/mol. The fourth-order valence-corrected chi connectivity index (χ4v) is 3.25. The van der Waals surface area contributed by atoms with Crippen molar-refractivity contribution in [3.05, 3.63) is 23.8 Å². The van der Waals surface area contributed by atoms with Gasteiger partial charge in [-0.15, -0.1) is 0 Å². The van der Waals surface area contributed by atoms with Crippen LogP contribution in [0.3, 0.4) is 0 Å².